The van der Waals surface area contributed by atoms with Crippen molar-refractivity contribution < 1.29 is 9.31 Å². The molecule has 3 aliphatic heterocycles. The average molecular weight is 675 g/mol. The highest BCUT2D eigenvalue weighted by Gasteiger charge is 2.52. The van der Waals surface area contributed by atoms with E-state index in [-0.39, 0.29) is 18.3 Å². The lowest BCUT2D eigenvalue weighted by Gasteiger charge is -2.32. The summed E-state index contributed by atoms with van der Waals surface area (Å²) >= 11 is 5.39. The number of nitrogens with zero attached hydrogens (tertiary/aromatic N) is 10. The van der Waals surface area contributed by atoms with E-state index in [0.717, 1.165) is 36.0 Å². The van der Waals surface area contributed by atoms with Gasteiger partial charge in [0.2, 0.25) is 11.9 Å². The molecule has 254 valence electrons. The van der Waals surface area contributed by atoms with E-state index in [9.17, 15) is 0 Å². The highest BCUT2D eigenvalue weighted by Crippen LogP contribution is 2.36. The SMILES string of the molecule is C[C@@H]1CCCN1c1ncc(-c2cncc(N)n2)cn1.C[C@@H]1CCCN1c1ncc(B2OC(C)(C)C(C)(C)O2)cn1.Nc1cncc(Cl)n1. The molecule has 0 spiro atoms. The summed E-state index contributed by atoms with van der Waals surface area (Å²) in [4.78, 5) is 37.9. The van der Waals surface area contributed by atoms with Crippen molar-refractivity contribution in [1.29, 1.82) is 0 Å². The van der Waals surface area contributed by atoms with Gasteiger partial charge in [0.25, 0.3) is 0 Å². The minimum atomic E-state index is -0.389. The fourth-order valence-corrected chi connectivity index (χ4v) is 5.67. The number of halogens is 1. The van der Waals surface area contributed by atoms with Crippen molar-refractivity contribution in [1.82, 2.24) is 39.9 Å². The second kappa shape index (κ2) is 14.9. The highest BCUT2D eigenvalue weighted by molar-refractivity contribution is 6.61. The van der Waals surface area contributed by atoms with Crippen LogP contribution in [0, 0.1) is 0 Å². The standard InChI is InChI=1S/C15H24BN3O2.C13H16N6.C4H4ClN3/c1-11-7-6-8-19(11)13-17-9-12(10-18-13)16-20-14(2,3)15(4,5)21-16;1-9-3-2-4-19(9)13-16-5-10(6-17-13)11-7-15-8-12(14)18-11;5-3-1-7-2-4(6)8-3/h9-11H,6-8H2,1-5H3;5-9H,2-4H2,1H3,(H2,14,18);1-2H,(H2,6,8)/t11-;9-;/m11./s1. The van der Waals surface area contributed by atoms with Crippen LogP contribution in [0.15, 0.2) is 49.6 Å². The molecule has 4 N–H and O–H groups in total. The molecule has 0 bridgehead atoms. The van der Waals surface area contributed by atoms with E-state index in [1.807, 2.05) is 40.1 Å². The first kappa shape index (κ1) is 35.1. The zero-order chi connectivity index (χ0) is 34.5. The summed E-state index contributed by atoms with van der Waals surface area (Å²) < 4.78 is 12.0. The van der Waals surface area contributed by atoms with Gasteiger partial charge in [-0.15, -0.1) is 0 Å². The first-order valence-corrected chi connectivity index (χ1v) is 16.5. The third kappa shape index (κ3) is 8.44. The lowest BCUT2D eigenvalue weighted by Crippen LogP contribution is -2.41. The van der Waals surface area contributed by atoms with Gasteiger partial charge in [-0.1, -0.05) is 11.6 Å². The number of hydrogen-bond acceptors (Lipinski definition) is 14. The molecule has 7 heterocycles. The smallest absolute Gasteiger partial charge is 0.399 e. The molecule has 3 saturated heterocycles. The highest BCUT2D eigenvalue weighted by atomic mass is 35.5. The summed E-state index contributed by atoms with van der Waals surface area (Å²) in [5.74, 6) is 2.33. The molecule has 0 aromatic carbocycles. The second-order valence-corrected chi connectivity index (χ2v) is 13.5. The van der Waals surface area contributed by atoms with Crippen molar-refractivity contribution >= 4 is 47.7 Å². The topological polar surface area (TPSA) is 180 Å². The summed E-state index contributed by atoms with van der Waals surface area (Å²) in [5.41, 5.74) is 12.6. The van der Waals surface area contributed by atoms with Crippen molar-refractivity contribution in [2.45, 2.75) is 90.5 Å². The molecule has 0 aliphatic carbocycles. The Morgan fingerprint density at radius 3 is 1.60 bits per heavy atom. The molecule has 4 aromatic heterocycles. The van der Waals surface area contributed by atoms with Crippen LogP contribution in [-0.2, 0) is 9.31 Å². The Balaban J connectivity index is 0.000000154. The largest absolute Gasteiger partial charge is 0.498 e. The number of rotatable bonds is 4. The van der Waals surface area contributed by atoms with Crippen molar-refractivity contribution in [3.05, 3.63) is 54.7 Å². The maximum Gasteiger partial charge on any atom is 0.498 e. The third-order valence-electron chi connectivity index (χ3n) is 9.01. The van der Waals surface area contributed by atoms with Gasteiger partial charge in [-0.3, -0.25) is 9.97 Å². The van der Waals surface area contributed by atoms with E-state index in [1.165, 1.54) is 44.3 Å². The fraction of sp³-hybridized carbons (Fsp3) is 0.500. The zero-order valence-corrected chi connectivity index (χ0v) is 29.2. The summed E-state index contributed by atoms with van der Waals surface area (Å²) in [5, 5.41) is 0.324. The van der Waals surface area contributed by atoms with Gasteiger partial charge in [0.05, 0.1) is 41.7 Å². The van der Waals surface area contributed by atoms with Gasteiger partial charge in [-0.25, -0.2) is 29.9 Å². The van der Waals surface area contributed by atoms with Crippen LogP contribution in [0.5, 0.6) is 0 Å². The Labute approximate surface area is 287 Å². The van der Waals surface area contributed by atoms with E-state index >= 15 is 0 Å². The molecular weight excluding hydrogens is 631 g/mol. The third-order valence-corrected chi connectivity index (χ3v) is 9.20. The Hall–Kier alpha value is -4.21. The first-order valence-electron chi connectivity index (χ1n) is 16.2. The van der Waals surface area contributed by atoms with Gasteiger partial charge in [0, 0.05) is 61.0 Å². The van der Waals surface area contributed by atoms with Gasteiger partial charge in [-0.2, -0.15) is 0 Å². The Morgan fingerprint density at radius 2 is 1.19 bits per heavy atom. The van der Waals surface area contributed by atoms with Crippen LogP contribution in [0.25, 0.3) is 11.3 Å². The van der Waals surface area contributed by atoms with Crippen LogP contribution < -0.4 is 26.7 Å². The van der Waals surface area contributed by atoms with Crippen LogP contribution in [0.3, 0.4) is 0 Å². The number of hydrogen-bond donors (Lipinski definition) is 2. The van der Waals surface area contributed by atoms with Gasteiger partial charge < -0.3 is 30.6 Å². The van der Waals surface area contributed by atoms with Crippen LogP contribution in [0.1, 0.15) is 67.2 Å². The Bertz CT molecular complexity index is 1610. The lowest BCUT2D eigenvalue weighted by molar-refractivity contribution is 0.00578. The molecule has 7 rings (SSSR count). The van der Waals surface area contributed by atoms with Gasteiger partial charge in [0.1, 0.15) is 16.8 Å². The van der Waals surface area contributed by atoms with Crippen LogP contribution in [0.4, 0.5) is 23.5 Å². The van der Waals surface area contributed by atoms with Gasteiger partial charge >= 0.3 is 7.12 Å². The molecule has 2 atom stereocenters. The van der Waals surface area contributed by atoms with E-state index < -0.39 is 0 Å². The molecule has 0 unspecified atom stereocenters. The summed E-state index contributed by atoms with van der Waals surface area (Å²) in [7, 11) is -0.389. The van der Waals surface area contributed by atoms with Crippen molar-refractivity contribution in [3.63, 3.8) is 0 Å². The minimum Gasteiger partial charge on any atom is -0.399 e. The molecule has 4 aromatic rings. The summed E-state index contributed by atoms with van der Waals surface area (Å²) in [6.45, 7) is 14.7. The van der Waals surface area contributed by atoms with Crippen LogP contribution in [0.2, 0.25) is 5.15 Å². The molecule has 0 amide bonds. The number of aromatic nitrogens is 8. The van der Waals surface area contributed by atoms with Crippen LogP contribution >= 0.6 is 11.6 Å². The molecule has 48 heavy (non-hydrogen) atoms. The van der Waals surface area contributed by atoms with E-state index in [1.54, 1.807) is 18.6 Å². The minimum absolute atomic E-state index is 0.324. The maximum atomic E-state index is 6.02. The quantitative estimate of drug-likeness (QED) is 0.297. The number of nitrogens with two attached hydrogens (primary N) is 2. The predicted octanol–water partition coefficient (Wildman–Crippen LogP) is 3.98. The lowest BCUT2D eigenvalue weighted by atomic mass is 9.81. The molecule has 16 heteroatoms. The first-order chi connectivity index (χ1) is 22.8. The molecule has 0 saturated carbocycles. The summed E-state index contributed by atoms with van der Waals surface area (Å²) in [6.07, 6.45) is 18.1. The molecular formula is C32H44BClN12O2. The van der Waals surface area contributed by atoms with E-state index in [0.29, 0.717) is 34.6 Å². The van der Waals surface area contributed by atoms with Crippen molar-refractivity contribution in [2.75, 3.05) is 34.4 Å². The molecule has 14 nitrogen and oxygen atoms in total. The Morgan fingerprint density at radius 1 is 0.708 bits per heavy atom. The normalized spacial score (nSPS) is 20.9. The van der Waals surface area contributed by atoms with Gasteiger partial charge in [0.15, 0.2) is 0 Å². The zero-order valence-electron chi connectivity index (χ0n) is 28.4. The molecule has 3 aliphatic rings. The fourth-order valence-electron chi connectivity index (χ4n) is 5.52. The monoisotopic (exact) mass is 674 g/mol. The van der Waals surface area contributed by atoms with Crippen molar-refractivity contribution in [3.8, 4) is 11.3 Å². The van der Waals surface area contributed by atoms with Crippen LogP contribution in [-0.4, -0.2) is 83.4 Å². The second-order valence-electron chi connectivity index (χ2n) is 13.1. The number of nitrogen functional groups attached to an aromatic ring is 2. The average Bonchev–Trinajstić information content (AvgIpc) is 3.74. The molecule has 0 radical (unpaired) electrons. The van der Waals surface area contributed by atoms with E-state index in [2.05, 4.69) is 63.5 Å². The summed E-state index contributed by atoms with van der Waals surface area (Å²) in [6, 6.07) is 1.03. The molecule has 3 fully saturated rings. The number of anilines is 4. The predicted molar refractivity (Wildman–Crippen MR) is 189 cm³/mol. The Kier molecular flexibility index (Phi) is 10.9. The van der Waals surface area contributed by atoms with Gasteiger partial charge in [-0.05, 0) is 67.2 Å². The van der Waals surface area contributed by atoms with Crippen molar-refractivity contribution in [2.24, 2.45) is 0 Å². The van der Waals surface area contributed by atoms with E-state index in [4.69, 9.17) is 32.4 Å². The maximum absolute atomic E-state index is 6.02.